The van der Waals surface area contributed by atoms with Gasteiger partial charge in [0.1, 0.15) is 5.75 Å². The first-order chi connectivity index (χ1) is 9.39. The molecule has 3 N–H and O–H groups in total. The van der Waals surface area contributed by atoms with Crippen LogP contribution in [0.25, 0.3) is 0 Å². The Kier molecular flexibility index (Phi) is 4.17. The van der Waals surface area contributed by atoms with Gasteiger partial charge < -0.3 is 15.8 Å². The molecule has 7 heteroatoms. The molecule has 4 nitrogen and oxygen atoms in total. The van der Waals surface area contributed by atoms with E-state index in [1.54, 1.807) is 0 Å². The second kappa shape index (κ2) is 5.70. The summed E-state index contributed by atoms with van der Waals surface area (Å²) in [5.74, 6) is -0.283. The van der Waals surface area contributed by atoms with E-state index in [-0.39, 0.29) is 23.3 Å². The Balaban J connectivity index is 1.96. The molecule has 1 saturated carbocycles. The Morgan fingerprint density at radius 2 is 1.95 bits per heavy atom. The lowest BCUT2D eigenvalue weighted by Crippen LogP contribution is -2.41. The summed E-state index contributed by atoms with van der Waals surface area (Å²) in [6.07, 6.45) is -2.65. The minimum absolute atomic E-state index is 0.0754. The molecule has 20 heavy (non-hydrogen) atoms. The fraction of sp³-hybridized carbons (Fsp3) is 0.462. The lowest BCUT2D eigenvalue weighted by Gasteiger charge is -2.16. The van der Waals surface area contributed by atoms with Gasteiger partial charge in [-0.25, -0.2) is 0 Å². The summed E-state index contributed by atoms with van der Waals surface area (Å²) >= 11 is 0. The summed E-state index contributed by atoms with van der Waals surface area (Å²) in [4.78, 5) is 11.9. The lowest BCUT2D eigenvalue weighted by atomic mass is 10.1. The number of alkyl halides is 3. The zero-order valence-electron chi connectivity index (χ0n) is 10.6. The molecule has 0 radical (unpaired) electrons. The number of carbonyl (C=O) groups is 1. The zero-order valence-corrected chi connectivity index (χ0v) is 10.6. The Bertz CT molecular complexity index is 469. The molecule has 1 aliphatic carbocycles. The molecule has 2 rings (SSSR count). The van der Waals surface area contributed by atoms with Gasteiger partial charge in [-0.05, 0) is 43.0 Å². The molecule has 1 aromatic rings. The van der Waals surface area contributed by atoms with Crippen molar-refractivity contribution in [2.75, 3.05) is 6.54 Å². The normalized spacial score (nSPS) is 16.6. The smallest absolute Gasteiger partial charge is 0.406 e. The number of benzene rings is 1. The highest BCUT2D eigenvalue weighted by Crippen LogP contribution is 2.32. The van der Waals surface area contributed by atoms with Crippen molar-refractivity contribution in [2.24, 2.45) is 11.7 Å². The van der Waals surface area contributed by atoms with E-state index in [2.05, 4.69) is 10.1 Å². The van der Waals surface area contributed by atoms with Crippen LogP contribution in [0.5, 0.6) is 5.75 Å². The minimum atomic E-state index is -4.74. The van der Waals surface area contributed by atoms with E-state index in [0.717, 1.165) is 25.0 Å². The molecule has 0 heterocycles. The first-order valence-electron chi connectivity index (χ1n) is 6.26. The number of nitrogens with two attached hydrogens (primary N) is 1. The monoisotopic (exact) mass is 288 g/mol. The van der Waals surface area contributed by atoms with Crippen molar-refractivity contribution in [2.45, 2.75) is 25.2 Å². The van der Waals surface area contributed by atoms with Crippen LogP contribution < -0.4 is 15.8 Å². The topological polar surface area (TPSA) is 64.3 Å². The molecule has 1 atom stereocenters. The van der Waals surface area contributed by atoms with Gasteiger partial charge in [0.2, 0.25) is 0 Å². The van der Waals surface area contributed by atoms with Crippen LogP contribution in [0.15, 0.2) is 24.3 Å². The van der Waals surface area contributed by atoms with Crippen molar-refractivity contribution in [1.82, 2.24) is 5.32 Å². The molecule has 110 valence electrons. The standard InChI is InChI=1S/C13H15F3N2O2/c14-13(15,16)20-10-5-3-9(4-6-10)12(19)18-11(7-17)8-1-2-8/h3-6,8,11H,1-2,7,17H2,(H,18,19). The van der Waals surface area contributed by atoms with Gasteiger partial charge in [-0.15, -0.1) is 13.2 Å². The second-order valence-corrected chi connectivity index (χ2v) is 4.73. The molecule has 0 aromatic heterocycles. The first kappa shape index (κ1) is 14.6. The average molecular weight is 288 g/mol. The van der Waals surface area contributed by atoms with Crippen LogP contribution in [-0.2, 0) is 0 Å². The molecule has 0 aliphatic heterocycles. The van der Waals surface area contributed by atoms with Crippen molar-refractivity contribution in [3.05, 3.63) is 29.8 Å². The van der Waals surface area contributed by atoms with E-state index < -0.39 is 6.36 Å². The molecule has 1 unspecified atom stereocenters. The lowest BCUT2D eigenvalue weighted by molar-refractivity contribution is -0.274. The summed E-state index contributed by atoms with van der Waals surface area (Å²) in [5.41, 5.74) is 5.85. The van der Waals surface area contributed by atoms with Gasteiger partial charge in [0.25, 0.3) is 5.91 Å². The van der Waals surface area contributed by atoms with Crippen molar-refractivity contribution >= 4 is 5.91 Å². The zero-order chi connectivity index (χ0) is 14.8. The van der Waals surface area contributed by atoms with Crippen LogP contribution in [0.1, 0.15) is 23.2 Å². The Hall–Kier alpha value is -1.76. The fourth-order valence-corrected chi connectivity index (χ4v) is 1.93. The van der Waals surface area contributed by atoms with Crippen molar-refractivity contribution in [1.29, 1.82) is 0 Å². The maximum Gasteiger partial charge on any atom is 0.573 e. The highest BCUT2D eigenvalue weighted by Gasteiger charge is 2.32. The number of amides is 1. The van der Waals surface area contributed by atoms with Gasteiger partial charge >= 0.3 is 6.36 Å². The molecule has 1 fully saturated rings. The largest absolute Gasteiger partial charge is 0.573 e. The third-order valence-electron chi connectivity index (χ3n) is 3.11. The number of hydrogen-bond acceptors (Lipinski definition) is 3. The maximum atomic E-state index is 12.0. The highest BCUT2D eigenvalue weighted by atomic mass is 19.4. The van der Waals surface area contributed by atoms with E-state index in [0.29, 0.717) is 12.5 Å². The molecule has 0 saturated heterocycles. The summed E-state index contributed by atoms with van der Waals surface area (Å²) in [5, 5.41) is 2.79. The Morgan fingerprint density at radius 3 is 2.40 bits per heavy atom. The summed E-state index contributed by atoms with van der Waals surface area (Å²) in [6.45, 7) is 0.353. The van der Waals surface area contributed by atoms with Gasteiger partial charge in [0.05, 0.1) is 0 Å². The van der Waals surface area contributed by atoms with Crippen LogP contribution in [0.2, 0.25) is 0 Å². The van der Waals surface area contributed by atoms with Crippen LogP contribution in [0.3, 0.4) is 0 Å². The van der Waals surface area contributed by atoms with Crippen LogP contribution in [0, 0.1) is 5.92 Å². The highest BCUT2D eigenvalue weighted by molar-refractivity contribution is 5.94. The van der Waals surface area contributed by atoms with E-state index in [4.69, 9.17) is 5.73 Å². The number of ether oxygens (including phenoxy) is 1. The number of rotatable bonds is 5. The molecule has 1 aliphatic rings. The Morgan fingerprint density at radius 1 is 1.35 bits per heavy atom. The van der Waals surface area contributed by atoms with Crippen molar-refractivity contribution < 1.29 is 22.7 Å². The summed E-state index contributed by atoms with van der Waals surface area (Å²) in [7, 11) is 0. The third kappa shape index (κ3) is 4.12. The van der Waals surface area contributed by atoms with E-state index >= 15 is 0 Å². The van der Waals surface area contributed by atoms with Gasteiger partial charge in [-0.2, -0.15) is 0 Å². The average Bonchev–Trinajstić information content (AvgIpc) is 3.19. The number of carbonyl (C=O) groups excluding carboxylic acids is 1. The van der Waals surface area contributed by atoms with E-state index in [9.17, 15) is 18.0 Å². The third-order valence-corrected chi connectivity index (χ3v) is 3.11. The van der Waals surface area contributed by atoms with Crippen LogP contribution in [-0.4, -0.2) is 24.9 Å². The minimum Gasteiger partial charge on any atom is -0.406 e. The maximum absolute atomic E-state index is 12.0. The Labute approximate surface area is 114 Å². The number of hydrogen-bond donors (Lipinski definition) is 2. The van der Waals surface area contributed by atoms with Gasteiger partial charge in [-0.3, -0.25) is 4.79 Å². The molecule has 1 amide bonds. The van der Waals surface area contributed by atoms with Gasteiger partial charge in [0.15, 0.2) is 0 Å². The van der Waals surface area contributed by atoms with Crippen LogP contribution in [0.4, 0.5) is 13.2 Å². The fourth-order valence-electron chi connectivity index (χ4n) is 1.93. The molecule has 0 spiro atoms. The number of halogens is 3. The summed E-state index contributed by atoms with van der Waals surface area (Å²) in [6, 6.07) is 4.72. The van der Waals surface area contributed by atoms with Crippen molar-refractivity contribution in [3.8, 4) is 5.75 Å². The molecular weight excluding hydrogens is 273 g/mol. The predicted octanol–water partition coefficient (Wildman–Crippen LogP) is 2.05. The second-order valence-electron chi connectivity index (χ2n) is 4.73. The van der Waals surface area contributed by atoms with E-state index in [1.165, 1.54) is 12.1 Å². The number of nitrogens with one attached hydrogen (secondary N) is 1. The summed E-state index contributed by atoms with van der Waals surface area (Å²) < 4.78 is 39.7. The van der Waals surface area contributed by atoms with Gasteiger partial charge in [-0.1, -0.05) is 0 Å². The molecule has 1 aromatic carbocycles. The molecule has 0 bridgehead atoms. The first-order valence-corrected chi connectivity index (χ1v) is 6.26. The van der Waals surface area contributed by atoms with Crippen molar-refractivity contribution in [3.63, 3.8) is 0 Å². The molecular formula is C13H15F3N2O2. The quantitative estimate of drug-likeness (QED) is 0.871. The van der Waals surface area contributed by atoms with E-state index in [1.807, 2.05) is 0 Å². The SMILES string of the molecule is NCC(NC(=O)c1ccc(OC(F)(F)F)cc1)C1CC1. The predicted molar refractivity (Wildman–Crippen MR) is 66.2 cm³/mol. The van der Waals surface area contributed by atoms with Crippen LogP contribution >= 0.6 is 0 Å². The van der Waals surface area contributed by atoms with Gasteiger partial charge in [0, 0.05) is 18.2 Å².